The third-order valence-corrected chi connectivity index (χ3v) is 6.31. The Bertz CT molecular complexity index is 1630. The highest BCUT2D eigenvalue weighted by Crippen LogP contribution is 2.49. The van der Waals surface area contributed by atoms with E-state index in [0.717, 1.165) is 4.57 Å². The summed E-state index contributed by atoms with van der Waals surface area (Å²) in [5, 5.41) is 11.5. The molecule has 1 aromatic heterocycles. The van der Waals surface area contributed by atoms with Gasteiger partial charge >= 0.3 is 11.7 Å². The van der Waals surface area contributed by atoms with E-state index in [0.29, 0.717) is 28.0 Å². The maximum absolute atomic E-state index is 13.5. The number of ether oxygens (including phenoxy) is 1. The fourth-order valence-corrected chi connectivity index (χ4v) is 4.62. The molecule has 10 heteroatoms. The van der Waals surface area contributed by atoms with Gasteiger partial charge in [-0.2, -0.15) is 0 Å². The lowest BCUT2D eigenvalue weighted by atomic mass is 9.81. The number of nitro groups is 1. The van der Waals surface area contributed by atoms with Crippen LogP contribution in [-0.4, -0.2) is 25.7 Å². The van der Waals surface area contributed by atoms with Crippen LogP contribution in [0.15, 0.2) is 68.7 Å². The van der Waals surface area contributed by atoms with Crippen molar-refractivity contribution in [3.63, 3.8) is 0 Å². The maximum atomic E-state index is 13.5. The molecule has 3 aromatic rings. The van der Waals surface area contributed by atoms with Crippen molar-refractivity contribution in [2.24, 2.45) is 19.1 Å². The molecular weight excluding hydrogens is 452 g/mol. The predicted molar refractivity (Wildman–Crippen MR) is 128 cm³/mol. The fourth-order valence-electron chi connectivity index (χ4n) is 4.62. The molecule has 2 aliphatic rings. The molecule has 2 heterocycles. The Balaban J connectivity index is 1.94. The van der Waals surface area contributed by atoms with Gasteiger partial charge in [-0.15, -0.1) is 0 Å². The molecule has 10 nitrogen and oxygen atoms in total. The van der Waals surface area contributed by atoms with Crippen LogP contribution >= 0.6 is 0 Å². The van der Waals surface area contributed by atoms with Crippen LogP contribution in [0.3, 0.4) is 0 Å². The lowest BCUT2D eigenvalue weighted by Crippen LogP contribution is -2.41. The van der Waals surface area contributed by atoms with E-state index < -0.39 is 28.1 Å². The smallest absolute Gasteiger partial charge is 0.332 e. The molecule has 0 amide bonds. The first-order chi connectivity index (χ1) is 16.7. The first-order valence-electron chi connectivity index (χ1n) is 10.9. The summed E-state index contributed by atoms with van der Waals surface area (Å²) in [6.07, 6.45) is 0.125. The van der Waals surface area contributed by atoms with Crippen LogP contribution in [0.1, 0.15) is 41.5 Å². The first-order valence-corrected chi connectivity index (χ1v) is 10.9. The van der Waals surface area contributed by atoms with Crippen molar-refractivity contribution in [2.75, 3.05) is 0 Å². The van der Waals surface area contributed by atoms with E-state index in [9.17, 15) is 24.5 Å². The molecule has 0 saturated heterocycles. The van der Waals surface area contributed by atoms with E-state index in [1.54, 1.807) is 25.1 Å². The number of nitro benzene ring substituents is 1. The second-order valence-corrected chi connectivity index (χ2v) is 8.30. The SMILES string of the molecule is CCC(=O)OC1=C2C(=Nc3c(c(=O)n(C)c(=O)n3C)[C@H]2c2cccc([N+](=O)[O-])c2)c2ccccc21. The number of benzene rings is 2. The molecule has 1 aliphatic carbocycles. The van der Waals surface area contributed by atoms with Crippen LogP contribution in [0.25, 0.3) is 5.76 Å². The highest BCUT2D eigenvalue weighted by atomic mass is 16.6. The van der Waals surface area contributed by atoms with Crippen LogP contribution < -0.4 is 11.2 Å². The molecule has 0 unspecified atom stereocenters. The van der Waals surface area contributed by atoms with Crippen molar-refractivity contribution in [2.45, 2.75) is 19.3 Å². The average Bonchev–Trinajstić information content (AvgIpc) is 3.18. The van der Waals surface area contributed by atoms with Crippen LogP contribution in [0, 0.1) is 10.1 Å². The number of aliphatic imine (C=N–C) groups is 1. The number of fused-ring (bicyclic) bond motifs is 4. The number of non-ortho nitro benzene ring substituents is 1. The number of hydrogen-bond donors (Lipinski definition) is 0. The molecule has 1 atom stereocenters. The topological polar surface area (TPSA) is 126 Å². The van der Waals surface area contributed by atoms with E-state index in [1.165, 1.54) is 36.9 Å². The number of allylic oxidation sites excluding steroid dienone is 1. The van der Waals surface area contributed by atoms with Gasteiger partial charge in [0.2, 0.25) is 0 Å². The number of nitrogens with zero attached hydrogens (tertiary/aromatic N) is 4. The molecule has 0 bridgehead atoms. The first kappa shape index (κ1) is 22.2. The minimum Gasteiger partial charge on any atom is -0.425 e. The molecule has 1 aliphatic heterocycles. The maximum Gasteiger partial charge on any atom is 0.332 e. The van der Waals surface area contributed by atoms with Gasteiger partial charge in [0.25, 0.3) is 11.2 Å². The second-order valence-electron chi connectivity index (χ2n) is 8.30. The monoisotopic (exact) mass is 472 g/mol. The van der Waals surface area contributed by atoms with Gasteiger partial charge in [0.05, 0.1) is 16.2 Å². The Morgan fingerprint density at radius 3 is 2.49 bits per heavy atom. The largest absolute Gasteiger partial charge is 0.425 e. The van der Waals surface area contributed by atoms with Crippen LogP contribution in [0.4, 0.5) is 11.5 Å². The number of carbonyl (C=O) groups excluding carboxylic acids is 1. The Morgan fingerprint density at radius 2 is 1.80 bits per heavy atom. The van der Waals surface area contributed by atoms with Crippen molar-refractivity contribution >= 4 is 28.9 Å². The molecule has 0 fully saturated rings. The van der Waals surface area contributed by atoms with E-state index in [2.05, 4.69) is 0 Å². The summed E-state index contributed by atoms with van der Waals surface area (Å²) >= 11 is 0. The normalized spacial score (nSPS) is 15.7. The molecular formula is C25H20N4O6. The molecule has 0 N–H and O–H groups in total. The van der Waals surface area contributed by atoms with Gasteiger partial charge in [-0.3, -0.25) is 28.8 Å². The number of esters is 1. The van der Waals surface area contributed by atoms with Gasteiger partial charge < -0.3 is 4.74 Å². The summed E-state index contributed by atoms with van der Waals surface area (Å²) in [4.78, 5) is 54.3. The van der Waals surface area contributed by atoms with Gasteiger partial charge in [0.1, 0.15) is 11.6 Å². The Kier molecular flexibility index (Phi) is 5.08. The molecule has 35 heavy (non-hydrogen) atoms. The van der Waals surface area contributed by atoms with Gasteiger partial charge in [-0.05, 0) is 5.56 Å². The summed E-state index contributed by atoms with van der Waals surface area (Å²) in [6, 6.07) is 13.2. The average molecular weight is 472 g/mol. The summed E-state index contributed by atoms with van der Waals surface area (Å²) in [5.74, 6) is -0.925. The zero-order valence-electron chi connectivity index (χ0n) is 19.1. The Hall–Kier alpha value is -4.60. The molecule has 176 valence electrons. The van der Waals surface area contributed by atoms with Crippen molar-refractivity contribution in [3.8, 4) is 0 Å². The van der Waals surface area contributed by atoms with Crippen molar-refractivity contribution < 1.29 is 14.5 Å². The third-order valence-electron chi connectivity index (χ3n) is 6.31. The summed E-state index contributed by atoms with van der Waals surface area (Å²) < 4.78 is 8.03. The number of hydrogen-bond acceptors (Lipinski definition) is 7. The zero-order valence-corrected chi connectivity index (χ0v) is 19.1. The summed E-state index contributed by atoms with van der Waals surface area (Å²) in [6.45, 7) is 1.67. The summed E-state index contributed by atoms with van der Waals surface area (Å²) in [7, 11) is 2.88. The highest BCUT2D eigenvalue weighted by molar-refractivity contribution is 6.25. The van der Waals surface area contributed by atoms with Crippen LogP contribution in [0.5, 0.6) is 0 Å². The lowest BCUT2D eigenvalue weighted by Gasteiger charge is -2.27. The Morgan fingerprint density at radius 1 is 1.09 bits per heavy atom. The van der Waals surface area contributed by atoms with Crippen LogP contribution in [0.2, 0.25) is 0 Å². The van der Waals surface area contributed by atoms with E-state index in [4.69, 9.17) is 9.73 Å². The fraction of sp³-hybridized carbons (Fsp3) is 0.200. The number of rotatable bonds is 4. The number of carbonyl (C=O) groups is 1. The van der Waals surface area contributed by atoms with E-state index in [-0.39, 0.29) is 29.2 Å². The highest BCUT2D eigenvalue weighted by Gasteiger charge is 2.42. The van der Waals surface area contributed by atoms with Gasteiger partial charge in [-0.1, -0.05) is 43.3 Å². The third kappa shape index (κ3) is 3.25. The van der Waals surface area contributed by atoms with Crippen molar-refractivity contribution in [1.29, 1.82) is 0 Å². The quantitative estimate of drug-likeness (QED) is 0.327. The lowest BCUT2D eigenvalue weighted by molar-refractivity contribution is -0.384. The molecule has 5 rings (SSSR count). The second kappa shape index (κ2) is 8.01. The van der Waals surface area contributed by atoms with Gasteiger partial charge in [-0.25, -0.2) is 9.79 Å². The standard InChI is InChI=1S/C25H20N4O6/c1-4-17(30)35-22-16-11-6-5-10-15(16)21-19(22)18(13-8-7-9-14(12-13)29(33)34)20-23(26-21)27(2)25(32)28(3)24(20)31/h5-12,18H,4H2,1-3H3/t18-/m0/s1. The van der Waals surface area contributed by atoms with Crippen molar-refractivity contribution in [1.82, 2.24) is 9.13 Å². The Labute approximate surface area is 198 Å². The molecule has 0 saturated carbocycles. The molecule has 0 spiro atoms. The van der Waals surface area contributed by atoms with Crippen molar-refractivity contribution in [3.05, 3.63) is 107 Å². The number of aromatic nitrogens is 2. The summed E-state index contributed by atoms with van der Waals surface area (Å²) in [5.41, 5.74) is 1.53. The molecule has 0 radical (unpaired) electrons. The predicted octanol–water partition coefficient (Wildman–Crippen LogP) is 2.94. The zero-order chi connectivity index (χ0) is 25.0. The minimum atomic E-state index is -0.866. The van der Waals surface area contributed by atoms with E-state index in [1.807, 2.05) is 12.1 Å². The van der Waals surface area contributed by atoms with E-state index >= 15 is 0 Å². The van der Waals surface area contributed by atoms with Gasteiger partial charge in [0.15, 0.2) is 0 Å². The minimum absolute atomic E-state index is 0.125. The van der Waals surface area contributed by atoms with Gasteiger partial charge in [0, 0.05) is 55.3 Å². The molecule has 2 aromatic carbocycles. The van der Waals surface area contributed by atoms with Crippen LogP contribution in [-0.2, 0) is 23.6 Å².